The SMILES string of the molecule is N#Cc1ccc(OC2CCC(NC(=O)c3cnc(N4CCN(C(=O)OC5C[C@@H]6CN(c7ccc8c(c7)C(=O)N(C7CCC(=O)NC7=O)C8=O)C[C@@H]6C5)CC4)cn3)CC2)cc1Cl. The second-order valence-corrected chi connectivity index (χ2v) is 17.0. The maximum absolute atomic E-state index is 13.4. The van der Waals surface area contributed by atoms with Gasteiger partial charge in [0, 0.05) is 63.5 Å². The monoisotopic (exact) mass is 849 g/mol. The molecule has 4 atom stereocenters. The summed E-state index contributed by atoms with van der Waals surface area (Å²) in [5, 5.41) is 14.7. The Morgan fingerprint density at radius 1 is 0.836 bits per heavy atom. The van der Waals surface area contributed by atoms with Gasteiger partial charge in [0.15, 0.2) is 0 Å². The van der Waals surface area contributed by atoms with Crippen molar-refractivity contribution in [3.8, 4) is 11.8 Å². The molecule has 3 saturated heterocycles. The Kier molecular flexibility index (Phi) is 11.0. The molecule has 2 unspecified atom stereocenters. The number of hydrogen-bond donors (Lipinski definition) is 2. The van der Waals surface area contributed by atoms with Crippen LogP contribution in [0.2, 0.25) is 5.02 Å². The molecule has 0 radical (unpaired) electrons. The fraction of sp³-hybridized carbons (Fsp3) is 0.465. The Morgan fingerprint density at radius 2 is 1.57 bits per heavy atom. The minimum atomic E-state index is -1.01. The highest BCUT2D eigenvalue weighted by Crippen LogP contribution is 2.42. The van der Waals surface area contributed by atoms with Crippen molar-refractivity contribution in [3.63, 3.8) is 0 Å². The van der Waals surface area contributed by atoms with Crippen molar-refractivity contribution < 1.29 is 38.2 Å². The Bertz CT molecular complexity index is 2310. The predicted octanol–water partition coefficient (Wildman–Crippen LogP) is 3.70. The molecule has 9 rings (SSSR count). The summed E-state index contributed by atoms with van der Waals surface area (Å²) in [7, 11) is 0. The zero-order valence-electron chi connectivity index (χ0n) is 33.3. The largest absolute Gasteiger partial charge is 0.490 e. The summed E-state index contributed by atoms with van der Waals surface area (Å²) < 4.78 is 12.1. The summed E-state index contributed by atoms with van der Waals surface area (Å²) in [5.41, 5.74) is 1.97. The number of anilines is 2. The predicted molar refractivity (Wildman–Crippen MR) is 218 cm³/mol. The zero-order valence-corrected chi connectivity index (χ0v) is 34.0. The third-order valence-electron chi connectivity index (χ3n) is 12.9. The van der Waals surface area contributed by atoms with Crippen molar-refractivity contribution in [3.05, 3.63) is 76.2 Å². The third-order valence-corrected chi connectivity index (χ3v) is 13.2. The van der Waals surface area contributed by atoms with Gasteiger partial charge in [-0.3, -0.25) is 34.2 Å². The molecule has 3 aromatic rings. The Labute approximate surface area is 356 Å². The number of piperazine rings is 1. The highest BCUT2D eigenvalue weighted by Gasteiger charge is 2.46. The summed E-state index contributed by atoms with van der Waals surface area (Å²) in [6, 6.07) is 11.3. The van der Waals surface area contributed by atoms with Gasteiger partial charge in [0.05, 0.1) is 40.2 Å². The molecular formula is C43H44ClN9O8. The summed E-state index contributed by atoms with van der Waals surface area (Å²) in [5.74, 6) is -0.523. The number of carbonyl (C=O) groups is 6. The molecule has 0 spiro atoms. The van der Waals surface area contributed by atoms with E-state index in [2.05, 4.69) is 25.5 Å². The van der Waals surface area contributed by atoms with Crippen LogP contribution in [0.25, 0.3) is 0 Å². The average molecular weight is 850 g/mol. The Balaban J connectivity index is 0.696. The smallest absolute Gasteiger partial charge is 0.410 e. The van der Waals surface area contributed by atoms with E-state index in [9.17, 15) is 28.8 Å². The van der Waals surface area contributed by atoms with Crippen molar-refractivity contribution in [2.24, 2.45) is 11.8 Å². The van der Waals surface area contributed by atoms with E-state index < -0.39 is 29.7 Å². The number of nitrogens with zero attached hydrogens (tertiary/aromatic N) is 7. The molecule has 18 heteroatoms. The van der Waals surface area contributed by atoms with Gasteiger partial charge < -0.3 is 29.5 Å². The second kappa shape index (κ2) is 16.6. The maximum atomic E-state index is 13.4. The fourth-order valence-electron chi connectivity index (χ4n) is 9.58. The summed E-state index contributed by atoms with van der Waals surface area (Å²) in [6.45, 7) is 3.46. The molecule has 6 aliphatic rings. The molecule has 17 nitrogen and oxygen atoms in total. The number of benzene rings is 2. The van der Waals surface area contributed by atoms with Crippen molar-refractivity contribution in [1.82, 2.24) is 30.4 Å². The number of nitrogens with one attached hydrogen (secondary N) is 2. The summed E-state index contributed by atoms with van der Waals surface area (Å²) >= 11 is 6.14. The molecule has 2 saturated carbocycles. The lowest BCUT2D eigenvalue weighted by Gasteiger charge is -2.35. The van der Waals surface area contributed by atoms with Crippen LogP contribution in [-0.4, -0.2) is 119 Å². The number of amides is 6. The lowest BCUT2D eigenvalue weighted by molar-refractivity contribution is -0.136. The lowest BCUT2D eigenvalue weighted by atomic mass is 9.93. The summed E-state index contributed by atoms with van der Waals surface area (Å²) in [4.78, 5) is 92.6. The average Bonchev–Trinajstić information content (AvgIpc) is 3.91. The van der Waals surface area contributed by atoms with E-state index in [0.29, 0.717) is 60.2 Å². The van der Waals surface area contributed by atoms with Crippen molar-refractivity contribution >= 4 is 58.7 Å². The van der Waals surface area contributed by atoms with Crippen LogP contribution in [0.15, 0.2) is 48.8 Å². The van der Waals surface area contributed by atoms with Gasteiger partial charge >= 0.3 is 6.09 Å². The quantitative estimate of drug-likeness (QED) is 0.311. The van der Waals surface area contributed by atoms with E-state index in [1.165, 1.54) is 6.20 Å². The van der Waals surface area contributed by atoms with Gasteiger partial charge in [-0.05, 0) is 87.1 Å². The molecule has 4 aliphatic heterocycles. The number of fused-ring (bicyclic) bond motifs is 2. The number of piperidine rings is 1. The molecule has 1 aromatic heterocycles. The van der Waals surface area contributed by atoms with Crippen molar-refractivity contribution in [2.45, 2.75) is 75.7 Å². The van der Waals surface area contributed by atoms with Gasteiger partial charge in [0.1, 0.15) is 35.5 Å². The molecule has 2 aromatic carbocycles. The van der Waals surface area contributed by atoms with E-state index >= 15 is 0 Å². The molecular weight excluding hydrogens is 806 g/mol. The van der Waals surface area contributed by atoms with E-state index in [0.717, 1.165) is 62.2 Å². The van der Waals surface area contributed by atoms with Gasteiger partial charge in [0.2, 0.25) is 11.8 Å². The van der Waals surface area contributed by atoms with Crippen LogP contribution >= 0.6 is 11.6 Å². The van der Waals surface area contributed by atoms with E-state index in [1.54, 1.807) is 41.4 Å². The maximum Gasteiger partial charge on any atom is 0.410 e. The standard InChI is InChI=1S/C43H44ClN9O8/c44-34-18-30(5-1-24(34)19-45)60-29-6-2-27(3-7-29)48-39(55)35-20-47-37(21-46-35)50-11-13-51(14-12-50)43(59)61-31-15-25-22-52(23-26(25)16-31)28-4-8-32-33(17-28)42(58)53(41(32)57)36-9-10-38(54)49-40(36)56/h1,4-5,8,17-18,20-21,25-27,29,31,36H,2-3,6-7,9-16,22-23H2,(H,48,55)(H,49,54,56)/t25-,26+,27?,29?,31?,36?. The van der Waals surface area contributed by atoms with Gasteiger partial charge in [0.25, 0.3) is 17.7 Å². The molecule has 61 heavy (non-hydrogen) atoms. The van der Waals surface area contributed by atoms with Crippen LogP contribution < -0.4 is 25.2 Å². The molecule has 5 fully saturated rings. The van der Waals surface area contributed by atoms with Gasteiger partial charge in [-0.1, -0.05) is 11.6 Å². The van der Waals surface area contributed by atoms with E-state index in [4.69, 9.17) is 26.3 Å². The Hall–Kier alpha value is -6.28. The number of carbonyl (C=O) groups excluding carboxylic acids is 6. The topological polar surface area (TPSA) is 207 Å². The Morgan fingerprint density at radius 3 is 2.25 bits per heavy atom. The molecule has 0 bridgehead atoms. The first-order valence-corrected chi connectivity index (χ1v) is 21.2. The van der Waals surface area contributed by atoms with Crippen LogP contribution in [0.4, 0.5) is 16.3 Å². The molecule has 2 N–H and O–H groups in total. The number of aromatic nitrogens is 2. The second-order valence-electron chi connectivity index (χ2n) is 16.6. The minimum Gasteiger partial charge on any atom is -0.490 e. The normalized spacial score (nSPS) is 26.1. The van der Waals surface area contributed by atoms with Crippen LogP contribution in [0.5, 0.6) is 5.75 Å². The number of hydrogen-bond acceptors (Lipinski definition) is 13. The highest BCUT2D eigenvalue weighted by molar-refractivity contribution is 6.31. The lowest BCUT2D eigenvalue weighted by Crippen LogP contribution is -2.54. The fourth-order valence-corrected chi connectivity index (χ4v) is 9.79. The number of rotatable bonds is 8. The molecule has 2 aliphatic carbocycles. The molecule has 316 valence electrons. The molecule has 6 amide bonds. The van der Waals surface area contributed by atoms with E-state index in [1.807, 2.05) is 17.0 Å². The first-order chi connectivity index (χ1) is 29.5. The number of nitriles is 1. The summed E-state index contributed by atoms with van der Waals surface area (Å²) in [6.07, 6.45) is 7.21. The number of ether oxygens (including phenoxy) is 2. The van der Waals surface area contributed by atoms with Crippen molar-refractivity contribution in [2.75, 3.05) is 49.1 Å². The first kappa shape index (κ1) is 40.1. The van der Waals surface area contributed by atoms with E-state index in [-0.39, 0.29) is 59.9 Å². The van der Waals surface area contributed by atoms with Crippen LogP contribution in [0.3, 0.4) is 0 Å². The number of imide groups is 2. The van der Waals surface area contributed by atoms with Crippen LogP contribution in [-0.2, 0) is 14.3 Å². The first-order valence-electron chi connectivity index (χ1n) is 20.8. The van der Waals surface area contributed by atoms with Crippen molar-refractivity contribution in [1.29, 1.82) is 5.26 Å². The highest BCUT2D eigenvalue weighted by atomic mass is 35.5. The third kappa shape index (κ3) is 8.16. The minimum absolute atomic E-state index is 0.00672. The number of halogens is 1. The molecule has 5 heterocycles. The van der Waals surface area contributed by atoms with Gasteiger partial charge in [-0.15, -0.1) is 0 Å². The van der Waals surface area contributed by atoms with Crippen LogP contribution in [0, 0.1) is 23.2 Å². The van der Waals surface area contributed by atoms with Gasteiger partial charge in [-0.2, -0.15) is 5.26 Å². The zero-order chi connectivity index (χ0) is 42.4. The van der Waals surface area contributed by atoms with Crippen LogP contribution in [0.1, 0.15) is 88.1 Å². The van der Waals surface area contributed by atoms with Gasteiger partial charge in [-0.25, -0.2) is 14.8 Å².